The summed E-state index contributed by atoms with van der Waals surface area (Å²) in [7, 11) is 0. The Kier molecular flexibility index (Phi) is 3.57. The van der Waals surface area contributed by atoms with Crippen LogP contribution in [-0.2, 0) is 15.9 Å². The van der Waals surface area contributed by atoms with Crippen molar-refractivity contribution in [3.05, 3.63) is 16.1 Å². The predicted molar refractivity (Wildman–Crippen MR) is 71.1 cm³/mol. The van der Waals surface area contributed by atoms with Crippen molar-refractivity contribution in [1.82, 2.24) is 4.98 Å². The van der Waals surface area contributed by atoms with Crippen LogP contribution in [0.4, 0.5) is 0 Å². The van der Waals surface area contributed by atoms with E-state index in [1.165, 1.54) is 6.42 Å². The quantitative estimate of drug-likeness (QED) is 0.878. The lowest BCUT2D eigenvalue weighted by Crippen LogP contribution is -2.43. The molecule has 4 heteroatoms. The highest BCUT2D eigenvalue weighted by Crippen LogP contribution is 2.41. The Morgan fingerprint density at radius 3 is 2.71 bits per heavy atom. The molecule has 0 aromatic carbocycles. The van der Waals surface area contributed by atoms with Crippen LogP contribution in [0.15, 0.2) is 5.38 Å². The summed E-state index contributed by atoms with van der Waals surface area (Å²) in [6, 6.07) is 0. The van der Waals surface area contributed by atoms with E-state index in [1.54, 1.807) is 11.3 Å². The second-order valence-electron chi connectivity index (χ2n) is 5.07. The van der Waals surface area contributed by atoms with Crippen molar-refractivity contribution >= 4 is 11.3 Å². The molecule has 0 spiro atoms. The van der Waals surface area contributed by atoms with E-state index in [1.807, 2.05) is 6.92 Å². The average Bonchev–Trinajstić information content (AvgIpc) is 2.76. The van der Waals surface area contributed by atoms with Crippen LogP contribution < -0.4 is 5.73 Å². The van der Waals surface area contributed by atoms with Gasteiger partial charge in [-0.25, -0.2) is 4.98 Å². The first-order valence-electron chi connectivity index (χ1n) is 6.43. The summed E-state index contributed by atoms with van der Waals surface area (Å²) in [5.41, 5.74) is 6.95. The van der Waals surface area contributed by atoms with Crippen molar-refractivity contribution in [3.63, 3.8) is 0 Å². The zero-order valence-electron chi connectivity index (χ0n) is 11.0. The van der Waals surface area contributed by atoms with Crippen LogP contribution in [-0.4, -0.2) is 11.6 Å². The fourth-order valence-corrected chi connectivity index (χ4v) is 3.31. The van der Waals surface area contributed by atoms with Crippen molar-refractivity contribution in [3.8, 4) is 0 Å². The second-order valence-corrected chi connectivity index (χ2v) is 5.92. The predicted octanol–water partition coefficient (Wildman–Crippen LogP) is 3.14. The van der Waals surface area contributed by atoms with Crippen LogP contribution in [0.25, 0.3) is 0 Å². The van der Waals surface area contributed by atoms with Crippen LogP contribution in [0.2, 0.25) is 0 Å². The zero-order valence-corrected chi connectivity index (χ0v) is 11.8. The van der Waals surface area contributed by atoms with E-state index in [-0.39, 0.29) is 11.1 Å². The number of rotatable bonds is 5. The summed E-state index contributed by atoms with van der Waals surface area (Å²) >= 11 is 1.68. The van der Waals surface area contributed by atoms with Crippen molar-refractivity contribution in [2.24, 2.45) is 5.73 Å². The van der Waals surface area contributed by atoms with Crippen molar-refractivity contribution in [2.75, 3.05) is 6.61 Å². The Morgan fingerprint density at radius 2 is 2.24 bits per heavy atom. The van der Waals surface area contributed by atoms with Gasteiger partial charge in [-0.1, -0.05) is 6.92 Å². The van der Waals surface area contributed by atoms with E-state index in [2.05, 4.69) is 19.2 Å². The van der Waals surface area contributed by atoms with Gasteiger partial charge in [-0.2, -0.15) is 0 Å². The third-order valence-electron chi connectivity index (χ3n) is 3.85. The minimum Gasteiger partial charge on any atom is -0.368 e. The number of aromatic nitrogens is 1. The molecule has 1 aromatic rings. The van der Waals surface area contributed by atoms with Crippen LogP contribution in [0.3, 0.4) is 0 Å². The first-order valence-corrected chi connectivity index (χ1v) is 7.31. The third-order valence-corrected chi connectivity index (χ3v) is 4.94. The first-order chi connectivity index (χ1) is 8.04. The minimum absolute atomic E-state index is 0.157. The molecule has 0 saturated heterocycles. The van der Waals surface area contributed by atoms with Crippen LogP contribution in [0.5, 0.6) is 0 Å². The normalized spacial score (nSPS) is 21.9. The molecule has 0 bridgehead atoms. The van der Waals surface area contributed by atoms with Gasteiger partial charge in [0.05, 0.1) is 11.2 Å². The smallest absolute Gasteiger partial charge is 0.125 e. The molecule has 1 aliphatic rings. The molecule has 2 rings (SSSR count). The minimum atomic E-state index is -0.252. The maximum atomic E-state index is 6.30. The molecule has 2 N–H and O–H groups in total. The molecule has 1 unspecified atom stereocenters. The van der Waals surface area contributed by atoms with E-state index in [0.29, 0.717) is 6.61 Å². The largest absolute Gasteiger partial charge is 0.368 e. The highest BCUT2D eigenvalue weighted by Gasteiger charge is 2.38. The summed E-state index contributed by atoms with van der Waals surface area (Å²) in [5, 5.41) is 3.18. The molecule has 1 aromatic heterocycles. The zero-order chi connectivity index (χ0) is 12.5. The highest BCUT2D eigenvalue weighted by molar-refractivity contribution is 7.09. The standard InChI is InChI=1S/C13H22N2OS/c1-4-12(3,16-5-2)11-15-10(9-17-11)13(14)7-6-8-13/h9H,4-8,14H2,1-3H3. The summed E-state index contributed by atoms with van der Waals surface area (Å²) < 4.78 is 5.85. The number of nitrogens with two attached hydrogens (primary N) is 1. The van der Waals surface area contributed by atoms with E-state index >= 15 is 0 Å². The second kappa shape index (κ2) is 4.67. The summed E-state index contributed by atoms with van der Waals surface area (Å²) in [5.74, 6) is 0. The van der Waals surface area contributed by atoms with Crippen molar-refractivity contribution < 1.29 is 4.74 Å². The molecule has 0 aliphatic heterocycles. The number of nitrogens with zero attached hydrogens (tertiary/aromatic N) is 1. The number of ether oxygens (including phenoxy) is 1. The average molecular weight is 254 g/mol. The van der Waals surface area contributed by atoms with Crippen molar-refractivity contribution in [2.45, 2.75) is 57.6 Å². The van der Waals surface area contributed by atoms with E-state index in [9.17, 15) is 0 Å². The Bertz CT molecular complexity index is 387. The van der Waals surface area contributed by atoms with Gasteiger partial charge in [-0.3, -0.25) is 0 Å². The number of thiazole rings is 1. The third kappa shape index (κ3) is 2.26. The molecule has 1 aliphatic carbocycles. The fraction of sp³-hybridized carbons (Fsp3) is 0.769. The van der Waals surface area contributed by atoms with Crippen LogP contribution in [0, 0.1) is 0 Å². The Hall–Kier alpha value is -0.450. The first kappa shape index (κ1) is 13.0. The Balaban J connectivity index is 2.22. The van der Waals surface area contributed by atoms with Gasteiger partial charge >= 0.3 is 0 Å². The summed E-state index contributed by atoms with van der Waals surface area (Å²) in [6.07, 6.45) is 4.28. The Morgan fingerprint density at radius 1 is 1.53 bits per heavy atom. The summed E-state index contributed by atoms with van der Waals surface area (Å²) in [6.45, 7) is 6.99. The number of hydrogen-bond acceptors (Lipinski definition) is 4. The lowest BCUT2D eigenvalue weighted by molar-refractivity contribution is -0.0327. The number of hydrogen-bond donors (Lipinski definition) is 1. The molecule has 1 fully saturated rings. The maximum absolute atomic E-state index is 6.30. The van der Waals surface area contributed by atoms with Gasteiger partial charge in [-0.05, 0) is 39.5 Å². The van der Waals surface area contributed by atoms with Crippen LogP contribution >= 0.6 is 11.3 Å². The SMILES string of the molecule is CCOC(C)(CC)c1nc(C2(N)CCC2)cs1. The molecule has 17 heavy (non-hydrogen) atoms. The molecule has 0 radical (unpaired) electrons. The van der Waals surface area contributed by atoms with Gasteiger partial charge in [0.1, 0.15) is 10.6 Å². The molecule has 1 heterocycles. The highest BCUT2D eigenvalue weighted by atomic mass is 32.1. The molecule has 1 atom stereocenters. The Labute approximate surface area is 107 Å². The van der Waals surface area contributed by atoms with Gasteiger partial charge in [-0.15, -0.1) is 11.3 Å². The van der Waals surface area contributed by atoms with Gasteiger partial charge in [0.2, 0.25) is 0 Å². The lowest BCUT2D eigenvalue weighted by atomic mass is 9.76. The van der Waals surface area contributed by atoms with E-state index in [4.69, 9.17) is 15.5 Å². The van der Waals surface area contributed by atoms with E-state index in [0.717, 1.165) is 30.0 Å². The molecule has 96 valence electrons. The molecular weight excluding hydrogens is 232 g/mol. The van der Waals surface area contributed by atoms with Gasteiger partial charge in [0.25, 0.3) is 0 Å². The van der Waals surface area contributed by atoms with Gasteiger partial charge in [0.15, 0.2) is 0 Å². The molecule has 3 nitrogen and oxygen atoms in total. The van der Waals surface area contributed by atoms with Gasteiger partial charge < -0.3 is 10.5 Å². The molecule has 0 amide bonds. The van der Waals surface area contributed by atoms with Crippen LogP contribution in [0.1, 0.15) is 57.2 Å². The van der Waals surface area contributed by atoms with E-state index < -0.39 is 0 Å². The summed E-state index contributed by atoms with van der Waals surface area (Å²) in [4.78, 5) is 4.73. The fourth-order valence-electron chi connectivity index (χ4n) is 2.19. The topological polar surface area (TPSA) is 48.1 Å². The van der Waals surface area contributed by atoms with Gasteiger partial charge in [0, 0.05) is 12.0 Å². The molecular formula is C13H22N2OS. The molecule has 1 saturated carbocycles. The maximum Gasteiger partial charge on any atom is 0.125 e. The monoisotopic (exact) mass is 254 g/mol. The lowest BCUT2D eigenvalue weighted by Gasteiger charge is -2.36. The van der Waals surface area contributed by atoms with Crippen molar-refractivity contribution in [1.29, 1.82) is 0 Å².